The van der Waals surface area contributed by atoms with Gasteiger partial charge in [0.15, 0.2) is 0 Å². The van der Waals surface area contributed by atoms with Crippen LogP contribution in [-0.2, 0) is 4.74 Å². The maximum Gasteiger partial charge on any atom is 0.411 e. The molecule has 0 aliphatic carbocycles. The average Bonchev–Trinajstić information content (AvgIpc) is 2.38. The van der Waals surface area contributed by atoms with E-state index in [9.17, 15) is 4.79 Å². The summed E-state index contributed by atoms with van der Waals surface area (Å²) in [5.41, 5.74) is 1.71. The van der Waals surface area contributed by atoms with Crippen LogP contribution in [0.1, 0.15) is 18.9 Å². The van der Waals surface area contributed by atoms with Crippen LogP contribution in [0.5, 0.6) is 5.75 Å². The molecule has 4 nitrogen and oxygen atoms in total. The van der Waals surface area contributed by atoms with Crippen LogP contribution in [0.25, 0.3) is 0 Å². The number of ether oxygens (including phenoxy) is 2. The smallest absolute Gasteiger partial charge is 0.411 e. The normalized spacial score (nSPS) is 10.1. The van der Waals surface area contributed by atoms with Gasteiger partial charge in [-0.1, -0.05) is 6.92 Å². The molecule has 1 N–H and O–H groups in total. The molecule has 0 fully saturated rings. The zero-order valence-corrected chi connectivity index (χ0v) is 12.5. The van der Waals surface area contributed by atoms with Gasteiger partial charge in [0, 0.05) is 11.4 Å². The van der Waals surface area contributed by atoms with Crippen molar-refractivity contribution in [3.8, 4) is 5.75 Å². The van der Waals surface area contributed by atoms with Gasteiger partial charge in [-0.2, -0.15) is 11.8 Å². The first kappa shape index (κ1) is 15.7. The topological polar surface area (TPSA) is 47.6 Å². The van der Waals surface area contributed by atoms with Crippen LogP contribution in [0.2, 0.25) is 0 Å². The minimum Gasteiger partial charge on any atom is -0.493 e. The largest absolute Gasteiger partial charge is 0.493 e. The Balaban J connectivity index is 2.50. The number of aryl methyl sites for hydroxylation is 1. The molecule has 106 valence electrons. The lowest BCUT2D eigenvalue weighted by Crippen LogP contribution is -2.15. The van der Waals surface area contributed by atoms with Gasteiger partial charge in [0.2, 0.25) is 0 Å². The third-order valence-corrected chi connectivity index (χ3v) is 2.98. The first-order valence-corrected chi connectivity index (χ1v) is 7.73. The van der Waals surface area contributed by atoms with Crippen molar-refractivity contribution in [1.29, 1.82) is 0 Å². The predicted molar refractivity (Wildman–Crippen MR) is 80.3 cm³/mol. The first-order chi connectivity index (χ1) is 9.17. The van der Waals surface area contributed by atoms with Crippen molar-refractivity contribution < 1.29 is 14.3 Å². The molecule has 0 aliphatic rings. The van der Waals surface area contributed by atoms with Gasteiger partial charge in [0.25, 0.3) is 0 Å². The fourth-order valence-electron chi connectivity index (χ4n) is 1.47. The van der Waals surface area contributed by atoms with Gasteiger partial charge < -0.3 is 9.47 Å². The van der Waals surface area contributed by atoms with Crippen molar-refractivity contribution in [3.63, 3.8) is 0 Å². The molecule has 5 heteroatoms. The maximum absolute atomic E-state index is 11.5. The van der Waals surface area contributed by atoms with Crippen LogP contribution in [-0.4, -0.2) is 31.3 Å². The summed E-state index contributed by atoms with van der Waals surface area (Å²) >= 11 is 1.64. The second-order valence-electron chi connectivity index (χ2n) is 4.08. The van der Waals surface area contributed by atoms with Crippen molar-refractivity contribution in [2.45, 2.75) is 20.3 Å². The number of benzene rings is 1. The highest BCUT2D eigenvalue weighted by molar-refractivity contribution is 7.98. The van der Waals surface area contributed by atoms with E-state index in [1.807, 2.05) is 31.4 Å². The van der Waals surface area contributed by atoms with E-state index >= 15 is 0 Å². The zero-order chi connectivity index (χ0) is 14.1. The maximum atomic E-state index is 11.5. The Morgan fingerprint density at radius 1 is 1.37 bits per heavy atom. The summed E-state index contributed by atoms with van der Waals surface area (Å²) in [5.74, 6) is 1.65. The Bertz CT molecular complexity index is 410. The monoisotopic (exact) mass is 283 g/mol. The van der Waals surface area contributed by atoms with Crippen molar-refractivity contribution in [3.05, 3.63) is 23.8 Å². The van der Waals surface area contributed by atoms with Crippen molar-refractivity contribution >= 4 is 23.5 Å². The molecular weight excluding hydrogens is 262 g/mol. The summed E-state index contributed by atoms with van der Waals surface area (Å²) in [5, 5.41) is 2.70. The number of anilines is 1. The van der Waals surface area contributed by atoms with Crippen molar-refractivity contribution in [2.24, 2.45) is 0 Å². The van der Waals surface area contributed by atoms with Gasteiger partial charge >= 0.3 is 6.09 Å². The SMILES string of the molecule is CCCOc1ccc(NC(=O)OCCSC)cc1C. The molecule has 0 bridgehead atoms. The molecule has 1 aromatic carbocycles. The number of rotatable bonds is 7. The highest BCUT2D eigenvalue weighted by Crippen LogP contribution is 2.22. The van der Waals surface area contributed by atoms with Crippen molar-refractivity contribution in [2.75, 3.05) is 30.5 Å². The summed E-state index contributed by atoms with van der Waals surface area (Å²) in [4.78, 5) is 11.5. The van der Waals surface area contributed by atoms with Crippen LogP contribution < -0.4 is 10.1 Å². The second kappa shape index (κ2) is 8.69. The van der Waals surface area contributed by atoms with E-state index in [1.165, 1.54) is 0 Å². The number of hydrogen-bond donors (Lipinski definition) is 1. The molecule has 1 amide bonds. The summed E-state index contributed by atoms with van der Waals surface area (Å²) < 4.78 is 10.6. The number of thioether (sulfide) groups is 1. The summed E-state index contributed by atoms with van der Waals surface area (Å²) in [6.07, 6.45) is 2.52. The third kappa shape index (κ3) is 5.87. The number of carbonyl (C=O) groups is 1. The molecule has 0 aromatic heterocycles. The Kier molecular flexibility index (Phi) is 7.18. The minimum atomic E-state index is -0.421. The molecule has 1 aromatic rings. The van der Waals surface area contributed by atoms with Gasteiger partial charge in [0.05, 0.1) is 6.61 Å². The van der Waals surface area contributed by atoms with E-state index in [0.717, 1.165) is 29.2 Å². The minimum absolute atomic E-state index is 0.420. The summed E-state index contributed by atoms with van der Waals surface area (Å²) in [7, 11) is 0. The lowest BCUT2D eigenvalue weighted by Gasteiger charge is -2.11. The molecule has 0 radical (unpaired) electrons. The number of hydrogen-bond acceptors (Lipinski definition) is 4. The molecule has 0 atom stereocenters. The molecule has 0 heterocycles. The fourth-order valence-corrected chi connectivity index (χ4v) is 1.72. The Labute approximate surface area is 118 Å². The average molecular weight is 283 g/mol. The second-order valence-corrected chi connectivity index (χ2v) is 5.07. The summed E-state index contributed by atoms with van der Waals surface area (Å²) in [6, 6.07) is 5.55. The third-order valence-electron chi connectivity index (χ3n) is 2.40. The standard InChI is InChI=1S/C14H21NO3S/c1-4-7-17-13-6-5-12(10-11(13)2)15-14(16)18-8-9-19-3/h5-6,10H,4,7-9H2,1-3H3,(H,15,16). The highest BCUT2D eigenvalue weighted by atomic mass is 32.2. The number of carbonyl (C=O) groups excluding carboxylic acids is 1. The van der Waals surface area contributed by atoms with E-state index in [1.54, 1.807) is 11.8 Å². The quantitative estimate of drug-likeness (QED) is 0.775. The molecule has 1 rings (SSSR count). The van der Waals surface area contributed by atoms with Gasteiger partial charge in [0.1, 0.15) is 12.4 Å². The van der Waals surface area contributed by atoms with Crippen LogP contribution >= 0.6 is 11.8 Å². The van der Waals surface area contributed by atoms with Gasteiger partial charge in [-0.25, -0.2) is 4.79 Å². The highest BCUT2D eigenvalue weighted by Gasteiger charge is 2.05. The van der Waals surface area contributed by atoms with Gasteiger partial charge in [-0.05, 0) is 43.4 Å². The molecule has 0 saturated carbocycles. The Morgan fingerprint density at radius 2 is 2.16 bits per heavy atom. The Hall–Kier alpha value is -1.36. The van der Waals surface area contributed by atoms with E-state index in [-0.39, 0.29) is 0 Å². The number of amides is 1. The molecule has 0 spiro atoms. The van der Waals surface area contributed by atoms with Crippen molar-refractivity contribution in [1.82, 2.24) is 0 Å². The molecular formula is C14H21NO3S. The Morgan fingerprint density at radius 3 is 2.79 bits per heavy atom. The van der Waals surface area contributed by atoms with Crippen LogP contribution in [0.4, 0.5) is 10.5 Å². The van der Waals surface area contributed by atoms with E-state index < -0.39 is 6.09 Å². The van der Waals surface area contributed by atoms with Gasteiger partial charge in [-0.15, -0.1) is 0 Å². The van der Waals surface area contributed by atoms with Gasteiger partial charge in [-0.3, -0.25) is 5.32 Å². The van der Waals surface area contributed by atoms with E-state index in [0.29, 0.717) is 13.2 Å². The van der Waals surface area contributed by atoms with E-state index in [4.69, 9.17) is 9.47 Å². The molecule has 0 saturated heterocycles. The predicted octanol–water partition coefficient (Wildman–Crippen LogP) is 3.70. The summed E-state index contributed by atoms with van der Waals surface area (Å²) in [6.45, 7) is 5.14. The molecule has 19 heavy (non-hydrogen) atoms. The molecule has 0 unspecified atom stereocenters. The van der Waals surface area contributed by atoms with Crippen LogP contribution in [0, 0.1) is 6.92 Å². The zero-order valence-electron chi connectivity index (χ0n) is 11.7. The van der Waals surface area contributed by atoms with Crippen LogP contribution in [0.15, 0.2) is 18.2 Å². The lowest BCUT2D eigenvalue weighted by atomic mass is 10.2. The first-order valence-electron chi connectivity index (χ1n) is 6.33. The molecule has 0 aliphatic heterocycles. The number of nitrogens with one attached hydrogen (secondary N) is 1. The van der Waals surface area contributed by atoms with Crippen LogP contribution in [0.3, 0.4) is 0 Å². The van der Waals surface area contributed by atoms with E-state index in [2.05, 4.69) is 12.2 Å². The lowest BCUT2D eigenvalue weighted by molar-refractivity contribution is 0.169. The fraction of sp³-hybridized carbons (Fsp3) is 0.500.